The lowest BCUT2D eigenvalue weighted by Gasteiger charge is -2.19. The van der Waals surface area contributed by atoms with E-state index < -0.39 is 6.10 Å². The highest BCUT2D eigenvalue weighted by atomic mass is 79.9. The number of rotatable bonds is 2. The summed E-state index contributed by atoms with van der Waals surface area (Å²) in [5.74, 6) is -0.390. The highest BCUT2D eigenvalue weighted by Crippen LogP contribution is 2.32. The third kappa shape index (κ3) is 2.44. The molecule has 0 radical (unpaired) electrons. The van der Waals surface area contributed by atoms with Gasteiger partial charge in [-0.25, -0.2) is 4.39 Å². The lowest BCUT2D eigenvalue weighted by molar-refractivity contribution is -0.0310. The van der Waals surface area contributed by atoms with E-state index in [4.69, 9.17) is 4.74 Å². The quantitative estimate of drug-likeness (QED) is 0.906. The second-order valence-electron chi connectivity index (χ2n) is 4.17. The van der Waals surface area contributed by atoms with Crippen LogP contribution in [0.15, 0.2) is 22.7 Å². The summed E-state index contributed by atoms with van der Waals surface area (Å²) in [5, 5.41) is 10.1. The minimum atomic E-state index is -0.887. The van der Waals surface area contributed by atoms with Crippen molar-refractivity contribution in [3.63, 3.8) is 0 Å². The molecule has 1 fully saturated rings. The van der Waals surface area contributed by atoms with Gasteiger partial charge in [0, 0.05) is 10.0 Å². The minimum absolute atomic E-state index is 0.148. The second-order valence-corrected chi connectivity index (χ2v) is 5.09. The lowest BCUT2D eigenvalue weighted by atomic mass is 10.0. The van der Waals surface area contributed by atoms with Crippen LogP contribution in [0.1, 0.15) is 31.4 Å². The van der Waals surface area contributed by atoms with Crippen molar-refractivity contribution in [3.05, 3.63) is 34.1 Å². The molecular formula is C12H14BrFO2. The standard InChI is InChI=1S/C12H14BrFO2/c1-7-2-5-11(16-7)12(15)9-6-8(13)3-4-10(9)14/h3-4,6-7,11-12,15H,2,5H2,1H3. The average Bonchev–Trinajstić information content (AvgIpc) is 2.67. The number of hydrogen-bond donors (Lipinski definition) is 1. The molecule has 0 amide bonds. The summed E-state index contributed by atoms with van der Waals surface area (Å²) in [6.45, 7) is 1.96. The Morgan fingerprint density at radius 1 is 1.50 bits per heavy atom. The summed E-state index contributed by atoms with van der Waals surface area (Å²) in [6, 6.07) is 4.57. The molecule has 1 aromatic carbocycles. The molecule has 3 unspecified atom stereocenters. The molecule has 3 atom stereocenters. The van der Waals surface area contributed by atoms with Crippen LogP contribution in [-0.4, -0.2) is 17.3 Å². The van der Waals surface area contributed by atoms with Gasteiger partial charge in [-0.1, -0.05) is 15.9 Å². The molecular weight excluding hydrogens is 275 g/mol. The summed E-state index contributed by atoms with van der Waals surface area (Å²) < 4.78 is 19.8. The molecule has 0 aromatic heterocycles. The molecule has 1 N–H and O–H groups in total. The molecule has 0 spiro atoms. The molecule has 16 heavy (non-hydrogen) atoms. The maximum absolute atomic E-state index is 13.5. The van der Waals surface area contributed by atoms with Gasteiger partial charge in [-0.2, -0.15) is 0 Å². The number of halogens is 2. The Morgan fingerprint density at radius 3 is 2.88 bits per heavy atom. The molecule has 1 aliphatic heterocycles. The fourth-order valence-corrected chi connectivity index (χ4v) is 2.39. The van der Waals surface area contributed by atoms with Gasteiger partial charge in [0.1, 0.15) is 11.9 Å². The van der Waals surface area contributed by atoms with Crippen LogP contribution in [0, 0.1) is 5.82 Å². The molecule has 1 aliphatic rings. The Balaban J connectivity index is 2.20. The number of benzene rings is 1. The Hall–Kier alpha value is -0.450. The number of hydrogen-bond acceptors (Lipinski definition) is 2. The van der Waals surface area contributed by atoms with Gasteiger partial charge in [-0.05, 0) is 38.0 Å². The number of aliphatic hydroxyl groups is 1. The van der Waals surface area contributed by atoms with Crippen molar-refractivity contribution in [2.24, 2.45) is 0 Å². The molecule has 4 heteroatoms. The Kier molecular flexibility index (Phi) is 3.62. The summed E-state index contributed by atoms with van der Waals surface area (Å²) >= 11 is 3.27. The zero-order valence-electron chi connectivity index (χ0n) is 8.99. The van der Waals surface area contributed by atoms with Gasteiger partial charge in [0.15, 0.2) is 0 Å². The van der Waals surface area contributed by atoms with Gasteiger partial charge in [0.05, 0.1) is 12.2 Å². The molecule has 1 heterocycles. The van der Waals surface area contributed by atoms with E-state index in [1.54, 1.807) is 12.1 Å². The zero-order chi connectivity index (χ0) is 11.7. The van der Waals surface area contributed by atoms with Crippen LogP contribution in [0.3, 0.4) is 0 Å². The van der Waals surface area contributed by atoms with E-state index >= 15 is 0 Å². The first kappa shape index (κ1) is 12.0. The van der Waals surface area contributed by atoms with E-state index in [1.165, 1.54) is 6.07 Å². The van der Waals surface area contributed by atoms with Gasteiger partial charge in [0.25, 0.3) is 0 Å². The molecule has 0 saturated carbocycles. The van der Waals surface area contributed by atoms with Crippen LogP contribution in [-0.2, 0) is 4.74 Å². The molecule has 1 saturated heterocycles. The Bertz CT molecular complexity index is 383. The zero-order valence-corrected chi connectivity index (χ0v) is 10.6. The monoisotopic (exact) mass is 288 g/mol. The van der Waals surface area contributed by atoms with Crippen molar-refractivity contribution in [2.75, 3.05) is 0 Å². The summed E-state index contributed by atoms with van der Waals surface area (Å²) in [6.07, 6.45) is 0.655. The SMILES string of the molecule is CC1CCC(C(O)c2cc(Br)ccc2F)O1. The lowest BCUT2D eigenvalue weighted by Crippen LogP contribution is -2.19. The van der Waals surface area contributed by atoms with Crippen molar-refractivity contribution in [1.29, 1.82) is 0 Å². The van der Waals surface area contributed by atoms with Crippen molar-refractivity contribution in [3.8, 4) is 0 Å². The maximum Gasteiger partial charge on any atom is 0.129 e. The highest BCUT2D eigenvalue weighted by Gasteiger charge is 2.30. The van der Waals surface area contributed by atoms with Crippen molar-refractivity contribution >= 4 is 15.9 Å². The van der Waals surface area contributed by atoms with Gasteiger partial charge < -0.3 is 9.84 Å². The van der Waals surface area contributed by atoms with E-state index in [1.807, 2.05) is 6.92 Å². The number of ether oxygens (including phenoxy) is 1. The van der Waals surface area contributed by atoms with Crippen molar-refractivity contribution in [2.45, 2.75) is 38.1 Å². The summed E-state index contributed by atoms with van der Waals surface area (Å²) in [5.41, 5.74) is 0.300. The van der Waals surface area contributed by atoms with Gasteiger partial charge in [-0.15, -0.1) is 0 Å². The predicted molar refractivity (Wildman–Crippen MR) is 62.6 cm³/mol. The Morgan fingerprint density at radius 2 is 2.25 bits per heavy atom. The first-order valence-electron chi connectivity index (χ1n) is 5.36. The van der Waals surface area contributed by atoms with Crippen molar-refractivity contribution in [1.82, 2.24) is 0 Å². The topological polar surface area (TPSA) is 29.5 Å². The van der Waals surface area contributed by atoms with Crippen molar-refractivity contribution < 1.29 is 14.2 Å². The molecule has 88 valence electrons. The van der Waals surface area contributed by atoms with E-state index in [-0.39, 0.29) is 18.0 Å². The van der Waals surface area contributed by atoms with Gasteiger partial charge in [-0.3, -0.25) is 0 Å². The fourth-order valence-electron chi connectivity index (χ4n) is 2.01. The Labute approximate surface area is 103 Å². The molecule has 1 aromatic rings. The molecule has 2 nitrogen and oxygen atoms in total. The highest BCUT2D eigenvalue weighted by molar-refractivity contribution is 9.10. The van der Waals surface area contributed by atoms with E-state index in [0.29, 0.717) is 5.56 Å². The van der Waals surface area contributed by atoms with Gasteiger partial charge in [0.2, 0.25) is 0 Å². The van der Waals surface area contributed by atoms with Crippen LogP contribution >= 0.6 is 15.9 Å². The predicted octanol–water partition coefficient (Wildman–Crippen LogP) is 3.19. The van der Waals surface area contributed by atoms with Crippen LogP contribution in [0.4, 0.5) is 4.39 Å². The smallest absolute Gasteiger partial charge is 0.129 e. The minimum Gasteiger partial charge on any atom is -0.386 e. The summed E-state index contributed by atoms with van der Waals surface area (Å²) in [4.78, 5) is 0. The third-order valence-corrected chi connectivity index (χ3v) is 3.39. The maximum atomic E-state index is 13.5. The normalized spacial score (nSPS) is 27.0. The second kappa shape index (κ2) is 4.82. The van der Waals surface area contributed by atoms with E-state index in [9.17, 15) is 9.50 Å². The van der Waals surface area contributed by atoms with Crippen LogP contribution in [0.25, 0.3) is 0 Å². The van der Waals surface area contributed by atoms with E-state index in [2.05, 4.69) is 15.9 Å². The third-order valence-electron chi connectivity index (χ3n) is 2.89. The van der Waals surface area contributed by atoms with Crippen LogP contribution in [0.5, 0.6) is 0 Å². The fraction of sp³-hybridized carbons (Fsp3) is 0.500. The van der Waals surface area contributed by atoms with Crippen LogP contribution < -0.4 is 0 Å². The largest absolute Gasteiger partial charge is 0.386 e. The molecule has 0 aliphatic carbocycles. The van der Waals surface area contributed by atoms with E-state index in [0.717, 1.165) is 17.3 Å². The first-order chi connectivity index (χ1) is 7.58. The van der Waals surface area contributed by atoms with Gasteiger partial charge >= 0.3 is 0 Å². The average molecular weight is 289 g/mol. The molecule has 2 rings (SSSR count). The first-order valence-corrected chi connectivity index (χ1v) is 6.15. The number of aliphatic hydroxyl groups excluding tert-OH is 1. The molecule has 0 bridgehead atoms. The summed E-state index contributed by atoms with van der Waals surface area (Å²) in [7, 11) is 0. The van der Waals surface area contributed by atoms with Crippen LogP contribution in [0.2, 0.25) is 0 Å².